The lowest BCUT2D eigenvalue weighted by atomic mass is 10.2. The van der Waals surface area contributed by atoms with Gasteiger partial charge >= 0.3 is 0 Å². The van der Waals surface area contributed by atoms with Crippen molar-refractivity contribution in [1.29, 1.82) is 0 Å². The van der Waals surface area contributed by atoms with Gasteiger partial charge in [0.1, 0.15) is 5.75 Å². The molecule has 0 unspecified atom stereocenters. The lowest BCUT2D eigenvalue weighted by Crippen LogP contribution is -2.66. The van der Waals surface area contributed by atoms with E-state index in [0.29, 0.717) is 0 Å². The molecule has 0 spiro atoms. The van der Waals surface area contributed by atoms with Gasteiger partial charge < -0.3 is 9.39 Å². The van der Waals surface area contributed by atoms with E-state index < -0.39 is 8.24 Å². The Morgan fingerprint density at radius 1 is 0.586 bits per heavy atom. The van der Waals surface area contributed by atoms with Crippen LogP contribution in [-0.2, 0) is 0 Å². The number of benzene rings is 4. The highest BCUT2D eigenvalue weighted by atomic mass is 28.3. The molecule has 0 radical (unpaired) electrons. The summed E-state index contributed by atoms with van der Waals surface area (Å²) in [5.41, 5.74) is 1.06. The quantitative estimate of drug-likeness (QED) is 0.278. The molecule has 0 saturated carbocycles. The van der Waals surface area contributed by atoms with Crippen LogP contribution in [0.15, 0.2) is 120 Å². The molecule has 2 nitrogen and oxygen atoms in total. The van der Waals surface area contributed by atoms with Crippen LogP contribution in [0.3, 0.4) is 0 Å². The zero-order valence-electron chi connectivity index (χ0n) is 16.4. The van der Waals surface area contributed by atoms with Gasteiger partial charge in [-0.2, -0.15) is 0 Å². The van der Waals surface area contributed by atoms with E-state index in [1.165, 1.54) is 15.6 Å². The van der Waals surface area contributed by atoms with Gasteiger partial charge in [-0.1, -0.05) is 91.0 Å². The second-order valence-electron chi connectivity index (χ2n) is 6.84. The molecule has 0 heterocycles. The average Bonchev–Trinajstić information content (AvgIpc) is 2.82. The summed E-state index contributed by atoms with van der Waals surface area (Å²) in [4.78, 5) is 0. The molecule has 0 amide bonds. The molecule has 0 aliphatic heterocycles. The summed E-state index contributed by atoms with van der Waals surface area (Å²) in [5.74, 6) is 0.847. The first-order valence-electron chi connectivity index (χ1n) is 9.69. The molecule has 142 valence electrons. The third-order valence-corrected chi connectivity index (χ3v) is 9.12. The first-order chi connectivity index (χ1) is 14.3. The van der Waals surface area contributed by atoms with Crippen molar-refractivity contribution in [2.75, 3.05) is 7.11 Å². The highest BCUT2D eigenvalue weighted by Crippen LogP contribution is 2.13. The molecule has 0 aromatic heterocycles. The second kappa shape index (κ2) is 8.72. The summed E-state index contributed by atoms with van der Waals surface area (Å²) in [7, 11) is -0.909. The van der Waals surface area contributed by atoms with Gasteiger partial charge in [-0.25, -0.2) is 0 Å². The predicted molar refractivity (Wildman–Crippen MR) is 125 cm³/mol. The van der Waals surface area contributed by atoms with Crippen LogP contribution in [0.25, 0.3) is 0 Å². The molecular formula is C26H23NOSi. The standard InChI is InChI=1S/C26H23NOSi/c1-28-23-19-17-22(18-20-23)21-27-29(24-11-5-2-6-12-24,25-13-7-3-8-14-25)26-15-9-4-10-16-26/h2-21H,1H3. The van der Waals surface area contributed by atoms with Crippen LogP contribution >= 0.6 is 0 Å². The number of hydrogen-bond donors (Lipinski definition) is 0. The number of ether oxygens (including phenoxy) is 1. The van der Waals surface area contributed by atoms with E-state index >= 15 is 0 Å². The van der Waals surface area contributed by atoms with Crippen LogP contribution < -0.4 is 20.3 Å². The summed E-state index contributed by atoms with van der Waals surface area (Å²) in [6.45, 7) is 0. The maximum atomic E-state index is 5.36. The van der Waals surface area contributed by atoms with Crippen molar-refractivity contribution in [3.05, 3.63) is 121 Å². The maximum Gasteiger partial charge on any atom is 0.273 e. The Balaban J connectivity index is 1.93. The second-order valence-corrected chi connectivity index (χ2v) is 10.3. The molecule has 29 heavy (non-hydrogen) atoms. The lowest BCUT2D eigenvalue weighted by Gasteiger charge is -2.29. The van der Waals surface area contributed by atoms with Crippen LogP contribution in [-0.4, -0.2) is 21.6 Å². The van der Waals surface area contributed by atoms with E-state index in [-0.39, 0.29) is 0 Å². The van der Waals surface area contributed by atoms with Gasteiger partial charge in [0.15, 0.2) is 0 Å². The third kappa shape index (κ3) is 3.91. The van der Waals surface area contributed by atoms with Gasteiger partial charge in [-0.15, -0.1) is 0 Å². The molecule has 0 saturated heterocycles. The first-order valence-corrected chi connectivity index (χ1v) is 11.6. The van der Waals surface area contributed by atoms with Gasteiger partial charge in [0.25, 0.3) is 8.24 Å². The van der Waals surface area contributed by atoms with Crippen molar-refractivity contribution >= 4 is 30.0 Å². The Kier molecular flexibility index (Phi) is 5.68. The van der Waals surface area contributed by atoms with Crippen molar-refractivity contribution < 1.29 is 4.74 Å². The number of methoxy groups -OCH3 is 1. The third-order valence-electron chi connectivity index (χ3n) is 5.10. The van der Waals surface area contributed by atoms with Crippen LogP contribution in [0.4, 0.5) is 0 Å². The van der Waals surface area contributed by atoms with E-state index in [1.807, 2.05) is 30.5 Å². The summed E-state index contributed by atoms with van der Waals surface area (Å²) < 4.78 is 10.7. The van der Waals surface area contributed by atoms with Crippen molar-refractivity contribution in [2.45, 2.75) is 0 Å². The van der Waals surface area contributed by atoms with Crippen LogP contribution in [0.5, 0.6) is 5.75 Å². The van der Waals surface area contributed by atoms with Crippen molar-refractivity contribution in [2.24, 2.45) is 4.66 Å². The molecule has 3 heteroatoms. The summed E-state index contributed by atoms with van der Waals surface area (Å²) in [6, 6.07) is 40.1. The molecule has 4 rings (SSSR count). The molecule has 0 aliphatic rings. The molecule has 4 aromatic rings. The topological polar surface area (TPSA) is 21.6 Å². The Labute approximate surface area is 173 Å². The molecule has 0 fully saturated rings. The van der Waals surface area contributed by atoms with Gasteiger partial charge in [-0.05, 0) is 45.4 Å². The maximum absolute atomic E-state index is 5.36. The van der Waals surface area contributed by atoms with E-state index in [2.05, 4.69) is 91.0 Å². The Hall–Kier alpha value is -3.43. The van der Waals surface area contributed by atoms with Gasteiger partial charge in [0.2, 0.25) is 0 Å². The smallest absolute Gasteiger partial charge is 0.273 e. The zero-order chi connectivity index (χ0) is 19.9. The lowest BCUT2D eigenvalue weighted by molar-refractivity contribution is 0.415. The molecule has 0 atom stereocenters. The molecule has 4 aromatic carbocycles. The van der Waals surface area contributed by atoms with E-state index in [9.17, 15) is 0 Å². The van der Waals surface area contributed by atoms with E-state index in [0.717, 1.165) is 11.3 Å². The fourth-order valence-corrected chi connectivity index (χ4v) is 7.44. The average molecular weight is 394 g/mol. The molecule has 0 N–H and O–H groups in total. The minimum absolute atomic E-state index is 0.847. The normalized spacial score (nSPS) is 11.5. The van der Waals surface area contributed by atoms with Gasteiger partial charge in [0, 0.05) is 6.21 Å². The van der Waals surface area contributed by atoms with E-state index in [1.54, 1.807) is 7.11 Å². The van der Waals surface area contributed by atoms with Crippen molar-refractivity contribution in [3.8, 4) is 5.75 Å². The van der Waals surface area contributed by atoms with Crippen LogP contribution in [0, 0.1) is 0 Å². The number of hydrogen-bond acceptors (Lipinski definition) is 2. The van der Waals surface area contributed by atoms with Gasteiger partial charge in [0.05, 0.1) is 7.11 Å². The highest BCUT2D eigenvalue weighted by Gasteiger charge is 2.39. The van der Waals surface area contributed by atoms with Crippen LogP contribution in [0.2, 0.25) is 0 Å². The fraction of sp³-hybridized carbons (Fsp3) is 0.0385. The Morgan fingerprint density at radius 3 is 1.38 bits per heavy atom. The Morgan fingerprint density at radius 2 is 1.00 bits per heavy atom. The molecule has 0 aliphatic carbocycles. The summed E-state index contributed by atoms with van der Waals surface area (Å²) in [5, 5.41) is 3.80. The minimum atomic E-state index is -2.59. The molecule has 0 bridgehead atoms. The highest BCUT2D eigenvalue weighted by molar-refractivity contribution is 7.10. The number of nitrogens with zero attached hydrogens (tertiary/aromatic N) is 1. The molecular weight excluding hydrogens is 370 g/mol. The predicted octanol–water partition coefficient (Wildman–Crippen LogP) is 3.78. The fourth-order valence-electron chi connectivity index (χ4n) is 3.62. The SMILES string of the molecule is COc1ccc(C=N[Si](c2ccccc2)(c2ccccc2)c2ccccc2)cc1. The Bertz CT molecular complexity index is 965. The minimum Gasteiger partial charge on any atom is -0.497 e. The zero-order valence-corrected chi connectivity index (χ0v) is 17.4. The van der Waals surface area contributed by atoms with Gasteiger partial charge in [-0.3, -0.25) is 0 Å². The van der Waals surface area contributed by atoms with Crippen molar-refractivity contribution in [1.82, 2.24) is 0 Å². The summed E-state index contributed by atoms with van der Waals surface area (Å²) in [6.07, 6.45) is 2.01. The van der Waals surface area contributed by atoms with E-state index in [4.69, 9.17) is 9.39 Å². The van der Waals surface area contributed by atoms with Crippen molar-refractivity contribution in [3.63, 3.8) is 0 Å². The number of rotatable bonds is 6. The first kappa shape index (κ1) is 18.9. The summed E-state index contributed by atoms with van der Waals surface area (Å²) >= 11 is 0. The largest absolute Gasteiger partial charge is 0.497 e. The monoisotopic (exact) mass is 393 g/mol. The van der Waals surface area contributed by atoms with Crippen LogP contribution in [0.1, 0.15) is 5.56 Å².